The molecule has 1 aliphatic rings. The molecule has 0 atom stereocenters. The largest absolute Gasteiger partial charge is 0.298 e. The number of benzene rings is 1. The predicted octanol–water partition coefficient (Wildman–Crippen LogP) is 3.24. The van der Waals surface area contributed by atoms with Crippen molar-refractivity contribution in [3.05, 3.63) is 35.9 Å². The molecule has 0 aliphatic carbocycles. The lowest BCUT2D eigenvalue weighted by molar-refractivity contribution is 0.104. The second kappa shape index (κ2) is 8.28. The minimum Gasteiger partial charge on any atom is -0.298 e. The molecule has 1 fully saturated rings. The van der Waals surface area contributed by atoms with Gasteiger partial charge >= 0.3 is 0 Å². The third-order valence-corrected chi connectivity index (χ3v) is 3.39. The van der Waals surface area contributed by atoms with Crippen molar-refractivity contribution in [3.63, 3.8) is 0 Å². The monoisotopic (exact) mass is 248 g/mol. The van der Waals surface area contributed by atoms with Crippen molar-refractivity contribution < 1.29 is 0 Å². The van der Waals surface area contributed by atoms with Crippen LogP contribution >= 0.6 is 0 Å². The highest BCUT2D eigenvalue weighted by Crippen LogP contribution is 2.09. The summed E-state index contributed by atoms with van der Waals surface area (Å²) in [6.07, 6.45) is 0. The van der Waals surface area contributed by atoms with Crippen LogP contribution in [-0.4, -0.2) is 42.0 Å². The second-order valence-electron chi connectivity index (χ2n) is 4.89. The van der Waals surface area contributed by atoms with Crippen LogP contribution in [0.4, 0.5) is 0 Å². The molecule has 1 aliphatic heterocycles. The van der Waals surface area contributed by atoms with Crippen LogP contribution < -0.4 is 0 Å². The average molecular weight is 248 g/mol. The van der Waals surface area contributed by atoms with Crippen LogP contribution in [0.2, 0.25) is 0 Å². The average Bonchev–Trinajstić information content (AvgIpc) is 2.43. The van der Waals surface area contributed by atoms with Crippen LogP contribution in [-0.2, 0) is 6.54 Å². The number of hydrogen-bond acceptors (Lipinski definition) is 2. The Morgan fingerprint density at radius 3 is 2.00 bits per heavy atom. The Morgan fingerprint density at radius 1 is 0.944 bits per heavy atom. The van der Waals surface area contributed by atoms with Gasteiger partial charge in [0.1, 0.15) is 0 Å². The standard InChI is InChI=1S/C14H22N2.C2H6/c1-13(2)16-10-8-15(9-11-16)12-14-6-4-3-5-7-14;1-2/h3-7,13H,8-12H2,1-2H3;1-2H3. The minimum atomic E-state index is 0.693. The summed E-state index contributed by atoms with van der Waals surface area (Å²) in [5.74, 6) is 0. The summed E-state index contributed by atoms with van der Waals surface area (Å²) in [6.45, 7) is 14.5. The van der Waals surface area contributed by atoms with Gasteiger partial charge in [-0.05, 0) is 19.4 Å². The normalized spacial score (nSPS) is 17.4. The molecule has 2 nitrogen and oxygen atoms in total. The van der Waals surface area contributed by atoms with Gasteiger partial charge in [0.2, 0.25) is 0 Å². The van der Waals surface area contributed by atoms with Crippen molar-refractivity contribution in [2.75, 3.05) is 26.2 Å². The summed E-state index contributed by atoms with van der Waals surface area (Å²) in [7, 11) is 0. The molecular weight excluding hydrogens is 220 g/mol. The highest BCUT2D eigenvalue weighted by atomic mass is 15.3. The highest BCUT2D eigenvalue weighted by molar-refractivity contribution is 5.14. The van der Waals surface area contributed by atoms with Crippen LogP contribution in [0.15, 0.2) is 30.3 Å². The summed E-state index contributed by atoms with van der Waals surface area (Å²) >= 11 is 0. The van der Waals surface area contributed by atoms with E-state index in [9.17, 15) is 0 Å². The molecule has 102 valence electrons. The fourth-order valence-corrected chi connectivity index (χ4v) is 2.28. The lowest BCUT2D eigenvalue weighted by Gasteiger charge is -2.36. The summed E-state index contributed by atoms with van der Waals surface area (Å²) in [5.41, 5.74) is 1.43. The van der Waals surface area contributed by atoms with Gasteiger partial charge in [0.25, 0.3) is 0 Å². The van der Waals surface area contributed by atoms with E-state index < -0.39 is 0 Å². The fourth-order valence-electron chi connectivity index (χ4n) is 2.28. The Kier molecular flexibility index (Phi) is 6.99. The van der Waals surface area contributed by atoms with Crippen molar-refractivity contribution in [1.29, 1.82) is 0 Å². The molecule has 0 unspecified atom stereocenters. The molecule has 1 saturated heterocycles. The minimum absolute atomic E-state index is 0.693. The van der Waals surface area contributed by atoms with E-state index in [0.29, 0.717) is 6.04 Å². The molecule has 2 rings (SSSR count). The van der Waals surface area contributed by atoms with Gasteiger partial charge in [-0.1, -0.05) is 44.2 Å². The van der Waals surface area contributed by atoms with Crippen molar-refractivity contribution in [2.24, 2.45) is 0 Å². The van der Waals surface area contributed by atoms with Crippen molar-refractivity contribution in [3.8, 4) is 0 Å². The van der Waals surface area contributed by atoms with E-state index in [1.807, 2.05) is 13.8 Å². The fraction of sp³-hybridized carbons (Fsp3) is 0.625. The topological polar surface area (TPSA) is 6.48 Å². The summed E-state index contributed by atoms with van der Waals surface area (Å²) in [4.78, 5) is 5.11. The van der Waals surface area contributed by atoms with Crippen LogP contribution in [0.5, 0.6) is 0 Å². The lowest BCUT2D eigenvalue weighted by Crippen LogP contribution is -2.48. The van der Waals surface area contributed by atoms with E-state index in [1.54, 1.807) is 0 Å². The molecule has 0 aromatic heterocycles. The third-order valence-electron chi connectivity index (χ3n) is 3.39. The molecular formula is C16H28N2. The quantitative estimate of drug-likeness (QED) is 0.810. The third kappa shape index (κ3) is 4.79. The Bertz CT molecular complexity index is 300. The lowest BCUT2D eigenvalue weighted by atomic mass is 10.2. The van der Waals surface area contributed by atoms with Crippen molar-refractivity contribution >= 4 is 0 Å². The number of hydrogen-bond donors (Lipinski definition) is 0. The molecule has 1 heterocycles. The van der Waals surface area contributed by atoms with E-state index >= 15 is 0 Å². The zero-order valence-electron chi connectivity index (χ0n) is 12.4. The first kappa shape index (κ1) is 15.2. The molecule has 1 aromatic rings. The Morgan fingerprint density at radius 2 is 1.50 bits per heavy atom. The maximum Gasteiger partial charge on any atom is 0.0234 e. The smallest absolute Gasteiger partial charge is 0.0234 e. The SMILES string of the molecule is CC.CC(C)N1CCN(Cc2ccccc2)CC1. The Labute approximate surface area is 113 Å². The first-order chi connectivity index (χ1) is 8.75. The maximum absolute atomic E-state index is 2.56. The second-order valence-corrected chi connectivity index (χ2v) is 4.89. The zero-order chi connectivity index (χ0) is 13.4. The number of rotatable bonds is 3. The molecule has 1 aromatic carbocycles. The Hall–Kier alpha value is -0.860. The van der Waals surface area contributed by atoms with Gasteiger partial charge in [-0.15, -0.1) is 0 Å². The van der Waals surface area contributed by atoms with Crippen LogP contribution in [0, 0.1) is 0 Å². The molecule has 0 radical (unpaired) electrons. The van der Waals surface area contributed by atoms with Crippen molar-refractivity contribution in [2.45, 2.75) is 40.3 Å². The molecule has 0 bridgehead atoms. The van der Waals surface area contributed by atoms with E-state index in [1.165, 1.54) is 31.7 Å². The summed E-state index contributed by atoms with van der Waals surface area (Å²) in [5, 5.41) is 0. The van der Waals surface area contributed by atoms with Crippen LogP contribution in [0.1, 0.15) is 33.3 Å². The molecule has 0 saturated carbocycles. The Balaban J connectivity index is 0.000000771. The molecule has 0 amide bonds. The first-order valence-corrected chi connectivity index (χ1v) is 7.26. The van der Waals surface area contributed by atoms with Crippen LogP contribution in [0.25, 0.3) is 0 Å². The molecule has 18 heavy (non-hydrogen) atoms. The van der Waals surface area contributed by atoms with Crippen molar-refractivity contribution in [1.82, 2.24) is 9.80 Å². The highest BCUT2D eigenvalue weighted by Gasteiger charge is 2.18. The predicted molar refractivity (Wildman–Crippen MR) is 79.8 cm³/mol. The first-order valence-electron chi connectivity index (χ1n) is 7.26. The van der Waals surface area contributed by atoms with Gasteiger partial charge < -0.3 is 0 Å². The summed E-state index contributed by atoms with van der Waals surface area (Å²) in [6, 6.07) is 11.5. The van der Waals surface area contributed by atoms with Gasteiger partial charge in [0.05, 0.1) is 0 Å². The van der Waals surface area contributed by atoms with Crippen LogP contribution in [0.3, 0.4) is 0 Å². The summed E-state index contributed by atoms with van der Waals surface area (Å²) < 4.78 is 0. The van der Waals surface area contributed by atoms with Gasteiger partial charge in [0, 0.05) is 38.8 Å². The number of piperazine rings is 1. The van der Waals surface area contributed by atoms with E-state index in [-0.39, 0.29) is 0 Å². The molecule has 0 spiro atoms. The van der Waals surface area contributed by atoms with E-state index in [2.05, 4.69) is 54.0 Å². The van der Waals surface area contributed by atoms with E-state index in [0.717, 1.165) is 6.54 Å². The number of nitrogens with zero attached hydrogens (tertiary/aromatic N) is 2. The maximum atomic E-state index is 2.56. The van der Waals surface area contributed by atoms with Gasteiger partial charge in [-0.2, -0.15) is 0 Å². The molecule has 0 N–H and O–H groups in total. The zero-order valence-corrected chi connectivity index (χ0v) is 12.4. The molecule has 2 heteroatoms. The van der Waals surface area contributed by atoms with Gasteiger partial charge in [-0.25, -0.2) is 0 Å². The van der Waals surface area contributed by atoms with E-state index in [4.69, 9.17) is 0 Å². The van der Waals surface area contributed by atoms with Gasteiger partial charge in [-0.3, -0.25) is 9.80 Å². The van der Waals surface area contributed by atoms with Gasteiger partial charge in [0.15, 0.2) is 0 Å².